The van der Waals surface area contributed by atoms with Crippen LogP contribution >= 0.6 is 12.6 Å². The van der Waals surface area contributed by atoms with E-state index < -0.39 is 0 Å². The van der Waals surface area contributed by atoms with Gasteiger partial charge in [-0.3, -0.25) is 4.79 Å². The highest BCUT2D eigenvalue weighted by Gasteiger charge is 2.05. The predicted molar refractivity (Wildman–Crippen MR) is 61.7 cm³/mol. The normalized spacial score (nSPS) is 12.9. The average Bonchev–Trinajstić information content (AvgIpc) is 2.09. The third kappa shape index (κ3) is 8.38. The quantitative estimate of drug-likeness (QED) is 0.503. The lowest BCUT2D eigenvalue weighted by Crippen LogP contribution is -2.32. The van der Waals surface area contributed by atoms with Crippen molar-refractivity contribution in [3.63, 3.8) is 0 Å². The first kappa shape index (κ1) is 13.8. The van der Waals surface area contributed by atoms with Crippen LogP contribution in [0.15, 0.2) is 0 Å². The van der Waals surface area contributed by atoms with E-state index in [4.69, 9.17) is 4.74 Å². The second kappa shape index (κ2) is 8.12. The van der Waals surface area contributed by atoms with Gasteiger partial charge in [-0.15, -0.1) is 0 Å². The van der Waals surface area contributed by atoms with Gasteiger partial charge in [-0.25, -0.2) is 0 Å². The minimum absolute atomic E-state index is 0.0409. The van der Waals surface area contributed by atoms with E-state index in [0.717, 1.165) is 13.0 Å². The summed E-state index contributed by atoms with van der Waals surface area (Å²) in [4.78, 5) is 11.0. The van der Waals surface area contributed by atoms with E-state index in [1.54, 1.807) is 6.92 Å². The topological polar surface area (TPSA) is 38.3 Å². The molecule has 0 heterocycles. The molecule has 1 atom stereocenters. The molecule has 1 N–H and O–H groups in total. The van der Waals surface area contributed by atoms with Gasteiger partial charge in [0.15, 0.2) is 0 Å². The van der Waals surface area contributed by atoms with Gasteiger partial charge in [0.25, 0.3) is 0 Å². The molecule has 0 fully saturated rings. The number of hydrogen-bond donors (Lipinski definition) is 2. The molecule has 0 aliphatic heterocycles. The van der Waals surface area contributed by atoms with E-state index in [9.17, 15) is 4.79 Å². The van der Waals surface area contributed by atoms with Crippen molar-refractivity contribution in [2.24, 2.45) is 5.92 Å². The number of hydrogen-bond acceptors (Lipinski definition) is 3. The molecule has 1 unspecified atom stereocenters. The molecule has 0 aliphatic rings. The van der Waals surface area contributed by atoms with Crippen LogP contribution in [-0.2, 0) is 9.53 Å². The molecule has 0 aromatic rings. The number of nitrogens with one attached hydrogen (secondary N) is 1. The van der Waals surface area contributed by atoms with Gasteiger partial charge in [0, 0.05) is 13.2 Å². The van der Waals surface area contributed by atoms with Crippen molar-refractivity contribution in [1.82, 2.24) is 5.32 Å². The molecule has 0 spiro atoms. The SMILES string of the molecule is CC(C)CCOCCNC(=O)C(C)S. The summed E-state index contributed by atoms with van der Waals surface area (Å²) in [6.45, 7) is 7.99. The van der Waals surface area contributed by atoms with Gasteiger partial charge >= 0.3 is 0 Å². The van der Waals surface area contributed by atoms with Crippen LogP contribution in [0.4, 0.5) is 0 Å². The molecule has 0 radical (unpaired) electrons. The van der Waals surface area contributed by atoms with E-state index in [1.165, 1.54) is 0 Å². The van der Waals surface area contributed by atoms with Crippen molar-refractivity contribution < 1.29 is 9.53 Å². The number of ether oxygens (including phenoxy) is 1. The van der Waals surface area contributed by atoms with Crippen LogP contribution in [0.2, 0.25) is 0 Å². The van der Waals surface area contributed by atoms with E-state index in [2.05, 4.69) is 31.8 Å². The lowest BCUT2D eigenvalue weighted by atomic mass is 10.1. The zero-order valence-corrected chi connectivity index (χ0v) is 10.1. The summed E-state index contributed by atoms with van der Waals surface area (Å²) in [5.41, 5.74) is 0. The first-order valence-electron chi connectivity index (χ1n) is 5.07. The van der Waals surface area contributed by atoms with Gasteiger partial charge in [-0.05, 0) is 19.3 Å². The maximum Gasteiger partial charge on any atom is 0.232 e. The Kier molecular flexibility index (Phi) is 7.99. The van der Waals surface area contributed by atoms with Crippen molar-refractivity contribution in [3.05, 3.63) is 0 Å². The van der Waals surface area contributed by atoms with Gasteiger partial charge in [0.1, 0.15) is 0 Å². The lowest BCUT2D eigenvalue weighted by molar-refractivity contribution is -0.120. The molecule has 84 valence electrons. The van der Waals surface area contributed by atoms with Crippen LogP contribution in [0.25, 0.3) is 0 Å². The maximum atomic E-state index is 11.0. The fourth-order valence-corrected chi connectivity index (χ4v) is 0.906. The Bertz CT molecular complexity index is 160. The summed E-state index contributed by atoms with van der Waals surface area (Å²) < 4.78 is 5.33. The Hall–Kier alpha value is -0.220. The van der Waals surface area contributed by atoms with Crippen molar-refractivity contribution in [2.75, 3.05) is 19.8 Å². The number of thiol groups is 1. The second-order valence-electron chi connectivity index (χ2n) is 3.76. The van der Waals surface area contributed by atoms with Gasteiger partial charge in [-0.2, -0.15) is 12.6 Å². The third-order valence-corrected chi connectivity index (χ3v) is 2.00. The highest BCUT2D eigenvalue weighted by atomic mass is 32.1. The Labute approximate surface area is 92.0 Å². The second-order valence-corrected chi connectivity index (χ2v) is 4.54. The van der Waals surface area contributed by atoms with Crippen molar-refractivity contribution >= 4 is 18.5 Å². The predicted octanol–water partition coefficient (Wildman–Crippen LogP) is 1.48. The number of amides is 1. The minimum Gasteiger partial charge on any atom is -0.380 e. The van der Waals surface area contributed by atoms with E-state index in [1.807, 2.05) is 0 Å². The molecule has 14 heavy (non-hydrogen) atoms. The molecule has 0 saturated heterocycles. The van der Waals surface area contributed by atoms with Gasteiger partial charge in [0.2, 0.25) is 5.91 Å². The van der Waals surface area contributed by atoms with Gasteiger partial charge in [-0.1, -0.05) is 13.8 Å². The zero-order valence-electron chi connectivity index (χ0n) is 9.25. The molecule has 1 amide bonds. The lowest BCUT2D eigenvalue weighted by Gasteiger charge is -2.08. The molecule has 0 rings (SSSR count). The van der Waals surface area contributed by atoms with Gasteiger partial charge in [0.05, 0.1) is 11.9 Å². The summed E-state index contributed by atoms with van der Waals surface area (Å²) in [6, 6.07) is 0. The molecule has 0 bridgehead atoms. The molecular formula is C10H21NO2S. The van der Waals surface area contributed by atoms with Crippen LogP contribution in [-0.4, -0.2) is 30.9 Å². The summed E-state index contributed by atoms with van der Waals surface area (Å²) >= 11 is 4.01. The summed E-state index contributed by atoms with van der Waals surface area (Å²) in [6.07, 6.45) is 1.07. The first-order valence-corrected chi connectivity index (χ1v) is 5.59. The first-order chi connectivity index (χ1) is 6.54. The Morgan fingerprint density at radius 1 is 1.36 bits per heavy atom. The zero-order chi connectivity index (χ0) is 11.0. The molecule has 0 saturated carbocycles. The van der Waals surface area contributed by atoms with E-state index >= 15 is 0 Å². The highest BCUT2D eigenvalue weighted by molar-refractivity contribution is 7.81. The number of carbonyl (C=O) groups excluding carboxylic acids is 1. The van der Waals surface area contributed by atoms with Crippen molar-refractivity contribution in [2.45, 2.75) is 32.4 Å². The summed E-state index contributed by atoms with van der Waals surface area (Å²) in [5.74, 6) is 0.628. The van der Waals surface area contributed by atoms with Crippen LogP contribution in [0.5, 0.6) is 0 Å². The minimum atomic E-state index is -0.245. The molecular weight excluding hydrogens is 198 g/mol. The van der Waals surface area contributed by atoms with E-state index in [0.29, 0.717) is 19.1 Å². The third-order valence-electron chi connectivity index (χ3n) is 1.76. The number of rotatable bonds is 7. The Morgan fingerprint density at radius 2 is 2.00 bits per heavy atom. The van der Waals surface area contributed by atoms with Crippen LogP contribution < -0.4 is 5.32 Å². The van der Waals surface area contributed by atoms with Crippen LogP contribution in [0, 0.1) is 5.92 Å². The van der Waals surface area contributed by atoms with Crippen LogP contribution in [0.1, 0.15) is 27.2 Å². The van der Waals surface area contributed by atoms with Crippen molar-refractivity contribution in [3.8, 4) is 0 Å². The molecule has 3 nitrogen and oxygen atoms in total. The molecule has 0 aliphatic carbocycles. The molecule has 4 heteroatoms. The highest BCUT2D eigenvalue weighted by Crippen LogP contribution is 1.98. The largest absolute Gasteiger partial charge is 0.380 e. The summed E-state index contributed by atoms with van der Waals surface area (Å²) in [7, 11) is 0. The monoisotopic (exact) mass is 219 g/mol. The maximum absolute atomic E-state index is 11.0. The van der Waals surface area contributed by atoms with Gasteiger partial charge < -0.3 is 10.1 Å². The summed E-state index contributed by atoms with van der Waals surface area (Å²) in [5, 5.41) is 2.49. The Morgan fingerprint density at radius 3 is 2.50 bits per heavy atom. The Balaban J connectivity index is 3.18. The van der Waals surface area contributed by atoms with Crippen molar-refractivity contribution in [1.29, 1.82) is 0 Å². The van der Waals surface area contributed by atoms with Crippen LogP contribution in [0.3, 0.4) is 0 Å². The number of carbonyl (C=O) groups is 1. The smallest absolute Gasteiger partial charge is 0.232 e. The molecule has 0 aromatic carbocycles. The standard InChI is InChI=1S/C10H21NO2S/c1-8(2)4-6-13-7-5-11-10(12)9(3)14/h8-9,14H,4-7H2,1-3H3,(H,11,12). The fraction of sp³-hybridized carbons (Fsp3) is 0.900. The average molecular weight is 219 g/mol. The molecule has 0 aromatic heterocycles. The van der Waals surface area contributed by atoms with E-state index in [-0.39, 0.29) is 11.2 Å². The fourth-order valence-electron chi connectivity index (χ4n) is 0.815.